The van der Waals surface area contributed by atoms with Crippen LogP contribution in [0.25, 0.3) is 22.2 Å². The maximum atomic E-state index is 12.5. The number of carbonyl (C=O) groups is 1. The average Bonchev–Trinajstić information content (AvgIpc) is 3.10. The molecule has 0 atom stereocenters. The van der Waals surface area contributed by atoms with E-state index in [-0.39, 0.29) is 11.3 Å². The molecule has 4 N–H and O–H groups in total. The molecular weight excluding hydrogens is 386 g/mol. The number of carbonyl (C=O) groups excluding carboxylic acids is 1. The average molecular weight is 414 g/mol. The SMILES string of the molecule is Cc1ccccc1CC(=O)Nc1ccc(-c2cc(C(C)(C)C)nc3n[nH]c(N)c23)cc1. The van der Waals surface area contributed by atoms with Crippen molar-refractivity contribution in [1.82, 2.24) is 15.2 Å². The number of aromatic nitrogens is 3. The van der Waals surface area contributed by atoms with Gasteiger partial charge in [-0.05, 0) is 47.4 Å². The minimum absolute atomic E-state index is 0.0394. The lowest BCUT2D eigenvalue weighted by Gasteiger charge is -2.19. The van der Waals surface area contributed by atoms with E-state index in [2.05, 4.69) is 47.3 Å². The first-order valence-corrected chi connectivity index (χ1v) is 10.3. The minimum atomic E-state index is -0.125. The molecule has 0 aliphatic heterocycles. The van der Waals surface area contributed by atoms with Gasteiger partial charge in [0.25, 0.3) is 0 Å². The molecule has 0 radical (unpaired) electrons. The number of aromatic amines is 1. The predicted molar refractivity (Wildman–Crippen MR) is 126 cm³/mol. The first kappa shape index (κ1) is 20.6. The van der Waals surface area contributed by atoms with Gasteiger partial charge in [0, 0.05) is 16.8 Å². The number of nitrogen functional groups attached to an aromatic ring is 1. The number of rotatable bonds is 4. The quantitative estimate of drug-likeness (QED) is 0.439. The van der Waals surface area contributed by atoms with Crippen molar-refractivity contribution < 1.29 is 4.79 Å². The zero-order valence-electron chi connectivity index (χ0n) is 18.3. The van der Waals surface area contributed by atoms with Crippen LogP contribution in [-0.4, -0.2) is 21.1 Å². The Bertz CT molecular complexity index is 1250. The number of anilines is 2. The number of hydrogen-bond donors (Lipinski definition) is 3. The summed E-state index contributed by atoms with van der Waals surface area (Å²) in [5.74, 6) is 0.455. The molecular formula is C25H27N5O. The topological polar surface area (TPSA) is 96.7 Å². The van der Waals surface area contributed by atoms with Gasteiger partial charge in [0.05, 0.1) is 11.8 Å². The van der Waals surface area contributed by atoms with Gasteiger partial charge in [0.1, 0.15) is 5.82 Å². The summed E-state index contributed by atoms with van der Waals surface area (Å²) in [5, 5.41) is 10.9. The van der Waals surface area contributed by atoms with Gasteiger partial charge in [0.2, 0.25) is 5.91 Å². The predicted octanol–water partition coefficient (Wildman–Crippen LogP) is 4.99. The van der Waals surface area contributed by atoms with Crippen LogP contribution >= 0.6 is 0 Å². The second-order valence-corrected chi connectivity index (χ2v) is 8.87. The van der Waals surface area contributed by atoms with Crippen LogP contribution in [-0.2, 0) is 16.6 Å². The van der Waals surface area contributed by atoms with Crippen LogP contribution in [0.4, 0.5) is 11.5 Å². The molecule has 0 aliphatic rings. The van der Waals surface area contributed by atoms with Gasteiger partial charge >= 0.3 is 0 Å². The first-order valence-electron chi connectivity index (χ1n) is 10.3. The molecule has 2 heterocycles. The van der Waals surface area contributed by atoms with Gasteiger partial charge in [-0.25, -0.2) is 4.98 Å². The summed E-state index contributed by atoms with van der Waals surface area (Å²) in [4.78, 5) is 17.2. The summed E-state index contributed by atoms with van der Waals surface area (Å²) in [6, 6.07) is 17.8. The van der Waals surface area contributed by atoms with Crippen LogP contribution in [0.3, 0.4) is 0 Å². The molecule has 0 aliphatic carbocycles. The fourth-order valence-electron chi connectivity index (χ4n) is 3.58. The van der Waals surface area contributed by atoms with Crippen LogP contribution in [0.1, 0.15) is 37.6 Å². The number of benzene rings is 2. The summed E-state index contributed by atoms with van der Waals surface area (Å²) < 4.78 is 0. The fraction of sp³-hybridized carbons (Fsp3) is 0.240. The maximum Gasteiger partial charge on any atom is 0.228 e. The highest BCUT2D eigenvalue weighted by atomic mass is 16.1. The normalized spacial score (nSPS) is 11.6. The zero-order valence-corrected chi connectivity index (χ0v) is 18.3. The molecule has 2 aromatic heterocycles. The third-order valence-corrected chi connectivity index (χ3v) is 5.41. The molecule has 4 rings (SSSR count). The van der Waals surface area contributed by atoms with Crippen LogP contribution in [0.2, 0.25) is 0 Å². The summed E-state index contributed by atoms with van der Waals surface area (Å²) in [6.07, 6.45) is 0.347. The molecule has 0 unspecified atom stereocenters. The minimum Gasteiger partial charge on any atom is -0.383 e. The Hall–Kier alpha value is -3.67. The molecule has 4 aromatic rings. The van der Waals surface area contributed by atoms with Gasteiger partial charge in [-0.2, -0.15) is 5.10 Å². The van der Waals surface area contributed by atoms with Crippen molar-refractivity contribution in [3.05, 3.63) is 71.4 Å². The zero-order chi connectivity index (χ0) is 22.2. The number of amides is 1. The number of fused-ring (bicyclic) bond motifs is 1. The molecule has 31 heavy (non-hydrogen) atoms. The van der Waals surface area contributed by atoms with Crippen molar-refractivity contribution in [1.29, 1.82) is 0 Å². The molecule has 1 amide bonds. The van der Waals surface area contributed by atoms with E-state index in [4.69, 9.17) is 5.73 Å². The lowest BCUT2D eigenvalue weighted by molar-refractivity contribution is -0.115. The van der Waals surface area contributed by atoms with E-state index in [1.165, 1.54) is 0 Å². The van der Waals surface area contributed by atoms with Crippen LogP contribution in [0, 0.1) is 6.92 Å². The van der Waals surface area contributed by atoms with Crippen molar-refractivity contribution in [2.75, 3.05) is 11.1 Å². The number of nitrogens with two attached hydrogens (primary N) is 1. The van der Waals surface area contributed by atoms with Crippen LogP contribution in [0.5, 0.6) is 0 Å². The summed E-state index contributed by atoms with van der Waals surface area (Å²) in [5.41, 5.74) is 12.4. The Kier molecular flexibility index (Phi) is 5.23. The molecule has 0 fully saturated rings. The number of aryl methyl sites for hydroxylation is 1. The Morgan fingerprint density at radius 3 is 2.48 bits per heavy atom. The molecule has 158 valence electrons. The second kappa shape index (κ2) is 7.87. The summed E-state index contributed by atoms with van der Waals surface area (Å²) >= 11 is 0. The number of nitrogens with zero attached hydrogens (tertiary/aromatic N) is 2. The van der Waals surface area contributed by atoms with Crippen molar-refractivity contribution in [2.24, 2.45) is 0 Å². The van der Waals surface area contributed by atoms with Crippen molar-refractivity contribution in [3.8, 4) is 11.1 Å². The standard InChI is InChI=1S/C25H27N5O/c1-15-7-5-6-8-17(15)13-21(31)27-18-11-9-16(10-12-18)19-14-20(25(2,3)4)28-24-22(19)23(26)29-30-24/h5-12,14H,13H2,1-4H3,(H,27,31)(H3,26,28,29,30). The smallest absolute Gasteiger partial charge is 0.228 e. The van der Waals surface area contributed by atoms with Gasteiger partial charge in [-0.15, -0.1) is 0 Å². The van der Waals surface area contributed by atoms with E-state index in [0.717, 1.165) is 39.0 Å². The Labute approximate surface area is 181 Å². The fourth-order valence-corrected chi connectivity index (χ4v) is 3.58. The van der Waals surface area contributed by atoms with Gasteiger partial charge in [-0.1, -0.05) is 57.2 Å². The Morgan fingerprint density at radius 1 is 1.10 bits per heavy atom. The lowest BCUT2D eigenvalue weighted by Crippen LogP contribution is -2.15. The summed E-state index contributed by atoms with van der Waals surface area (Å²) in [6.45, 7) is 8.37. The van der Waals surface area contributed by atoms with E-state index >= 15 is 0 Å². The van der Waals surface area contributed by atoms with Crippen LogP contribution < -0.4 is 11.1 Å². The Morgan fingerprint density at radius 2 is 1.81 bits per heavy atom. The molecule has 0 saturated heterocycles. The van der Waals surface area contributed by atoms with E-state index in [9.17, 15) is 4.79 Å². The second-order valence-electron chi connectivity index (χ2n) is 8.87. The highest BCUT2D eigenvalue weighted by molar-refractivity contribution is 6.00. The van der Waals surface area contributed by atoms with Crippen molar-refractivity contribution >= 4 is 28.4 Å². The largest absolute Gasteiger partial charge is 0.383 e. The van der Waals surface area contributed by atoms with E-state index < -0.39 is 0 Å². The summed E-state index contributed by atoms with van der Waals surface area (Å²) in [7, 11) is 0. The molecule has 0 spiro atoms. The number of hydrogen-bond acceptors (Lipinski definition) is 4. The molecule has 2 aromatic carbocycles. The molecule has 0 saturated carbocycles. The third kappa shape index (κ3) is 4.28. The monoisotopic (exact) mass is 413 g/mol. The highest BCUT2D eigenvalue weighted by Gasteiger charge is 2.21. The van der Waals surface area contributed by atoms with E-state index in [0.29, 0.717) is 17.9 Å². The maximum absolute atomic E-state index is 12.5. The number of pyridine rings is 1. The lowest BCUT2D eigenvalue weighted by atomic mass is 9.89. The third-order valence-electron chi connectivity index (χ3n) is 5.41. The van der Waals surface area contributed by atoms with Gasteiger partial charge in [-0.3, -0.25) is 9.89 Å². The number of nitrogens with one attached hydrogen (secondary N) is 2. The first-order chi connectivity index (χ1) is 14.7. The van der Waals surface area contributed by atoms with E-state index in [1.807, 2.05) is 55.5 Å². The Balaban J connectivity index is 1.61. The highest BCUT2D eigenvalue weighted by Crippen LogP contribution is 2.34. The van der Waals surface area contributed by atoms with Gasteiger partial charge in [0.15, 0.2) is 5.65 Å². The van der Waals surface area contributed by atoms with Crippen LogP contribution in [0.15, 0.2) is 54.6 Å². The number of H-pyrrole nitrogens is 1. The van der Waals surface area contributed by atoms with Crippen molar-refractivity contribution in [2.45, 2.75) is 39.5 Å². The molecule has 0 bridgehead atoms. The van der Waals surface area contributed by atoms with E-state index in [1.54, 1.807) is 0 Å². The van der Waals surface area contributed by atoms with Gasteiger partial charge < -0.3 is 11.1 Å². The molecule has 6 heteroatoms. The molecule has 6 nitrogen and oxygen atoms in total. The van der Waals surface area contributed by atoms with Crippen molar-refractivity contribution in [3.63, 3.8) is 0 Å².